The molecule has 202 valence electrons. The summed E-state index contributed by atoms with van der Waals surface area (Å²) in [6, 6.07) is 8.01. The summed E-state index contributed by atoms with van der Waals surface area (Å²) in [7, 11) is 1.90. The number of piperazine rings is 1. The number of hydrogen-bond donors (Lipinski definition) is 1. The van der Waals surface area contributed by atoms with Crippen molar-refractivity contribution in [3.05, 3.63) is 53.9 Å². The van der Waals surface area contributed by atoms with Crippen LogP contribution in [0.2, 0.25) is 0 Å². The molecule has 0 amide bonds. The Morgan fingerprint density at radius 2 is 1.79 bits per heavy atom. The second-order valence-corrected chi connectivity index (χ2v) is 10.9. The van der Waals surface area contributed by atoms with Gasteiger partial charge in [0.2, 0.25) is 5.95 Å². The second-order valence-electron chi connectivity index (χ2n) is 10.9. The Balaban J connectivity index is 1.28. The first-order valence-corrected chi connectivity index (χ1v) is 13.1. The molecule has 0 atom stereocenters. The minimum atomic E-state index is -0.529. The van der Waals surface area contributed by atoms with Crippen LogP contribution in [0.15, 0.2) is 36.8 Å². The highest BCUT2D eigenvalue weighted by Crippen LogP contribution is 2.32. The molecule has 1 N–H and O–H groups in total. The number of halogens is 1. The third-order valence-electron chi connectivity index (χ3n) is 6.89. The third kappa shape index (κ3) is 6.02. The predicted octanol–water partition coefficient (Wildman–Crippen LogP) is 4.03. The first kappa shape index (κ1) is 26.6. The quantitative estimate of drug-likeness (QED) is 0.380. The zero-order chi connectivity index (χ0) is 27.6. The lowest BCUT2D eigenvalue weighted by molar-refractivity contribution is 0.129. The second kappa shape index (κ2) is 11.0. The van der Waals surface area contributed by atoms with Crippen molar-refractivity contribution in [2.75, 3.05) is 38.0 Å². The fourth-order valence-corrected chi connectivity index (χ4v) is 5.07. The van der Waals surface area contributed by atoms with E-state index in [2.05, 4.69) is 67.0 Å². The van der Waals surface area contributed by atoms with Crippen molar-refractivity contribution in [1.29, 1.82) is 5.26 Å². The molecule has 0 aromatic carbocycles. The van der Waals surface area contributed by atoms with Crippen LogP contribution in [-0.4, -0.2) is 72.2 Å². The number of anilines is 2. The van der Waals surface area contributed by atoms with Crippen molar-refractivity contribution < 1.29 is 4.39 Å². The van der Waals surface area contributed by atoms with Gasteiger partial charge in [-0.3, -0.25) is 14.5 Å². The number of fused-ring (bicyclic) bond motifs is 1. The molecule has 10 nitrogen and oxygen atoms in total. The van der Waals surface area contributed by atoms with Crippen LogP contribution in [0.4, 0.5) is 16.2 Å². The molecule has 5 rings (SSSR count). The summed E-state index contributed by atoms with van der Waals surface area (Å²) >= 11 is 0. The Labute approximate surface area is 227 Å². The van der Waals surface area contributed by atoms with Gasteiger partial charge in [-0.05, 0) is 17.7 Å². The van der Waals surface area contributed by atoms with E-state index in [0.717, 1.165) is 62.1 Å². The highest BCUT2D eigenvalue weighted by atomic mass is 19.1. The van der Waals surface area contributed by atoms with Crippen LogP contribution in [0.25, 0.3) is 22.3 Å². The Hall–Kier alpha value is -4.01. The monoisotopic (exact) mass is 528 g/mol. The van der Waals surface area contributed by atoms with E-state index in [9.17, 15) is 4.39 Å². The molecule has 39 heavy (non-hydrogen) atoms. The summed E-state index contributed by atoms with van der Waals surface area (Å²) in [5, 5.41) is 17.2. The highest BCUT2D eigenvalue weighted by Gasteiger charge is 2.24. The number of nitriles is 1. The fourth-order valence-electron chi connectivity index (χ4n) is 5.07. The van der Waals surface area contributed by atoms with E-state index in [0.29, 0.717) is 23.4 Å². The molecule has 1 fully saturated rings. The predicted molar refractivity (Wildman–Crippen MR) is 148 cm³/mol. The smallest absolute Gasteiger partial charge is 0.229 e. The van der Waals surface area contributed by atoms with Gasteiger partial charge in [0, 0.05) is 81.5 Å². The average molecular weight is 529 g/mol. The van der Waals surface area contributed by atoms with Gasteiger partial charge in [-0.2, -0.15) is 10.4 Å². The minimum Gasteiger partial charge on any atom is -0.309 e. The normalized spacial score (nSPS) is 15.0. The molecule has 0 spiro atoms. The topological polar surface area (TPSA) is 112 Å². The molecule has 0 unspecified atom stereocenters. The molecule has 0 radical (unpaired) electrons. The Morgan fingerprint density at radius 1 is 1.03 bits per heavy atom. The van der Waals surface area contributed by atoms with E-state index in [1.807, 2.05) is 36.1 Å². The Morgan fingerprint density at radius 3 is 2.49 bits per heavy atom. The van der Waals surface area contributed by atoms with Crippen molar-refractivity contribution >= 4 is 22.8 Å². The lowest BCUT2D eigenvalue weighted by atomic mass is 9.89. The molecule has 0 aliphatic carbocycles. The van der Waals surface area contributed by atoms with Crippen molar-refractivity contribution in [1.82, 2.24) is 39.5 Å². The summed E-state index contributed by atoms with van der Waals surface area (Å²) in [4.78, 5) is 22.3. The Kier molecular flexibility index (Phi) is 7.50. The molecule has 0 saturated carbocycles. The molecule has 1 saturated heterocycles. The van der Waals surface area contributed by atoms with Crippen LogP contribution in [0, 0.1) is 17.1 Å². The maximum absolute atomic E-state index is 14.9. The number of hydrogen-bond acceptors (Lipinski definition) is 9. The van der Waals surface area contributed by atoms with Crippen LogP contribution in [0.1, 0.15) is 38.4 Å². The summed E-state index contributed by atoms with van der Waals surface area (Å²) in [6.45, 7) is 11.9. The van der Waals surface area contributed by atoms with Gasteiger partial charge < -0.3 is 5.32 Å². The van der Waals surface area contributed by atoms with Crippen LogP contribution in [-0.2, 0) is 19.0 Å². The van der Waals surface area contributed by atoms with Gasteiger partial charge in [-0.15, -0.1) is 0 Å². The van der Waals surface area contributed by atoms with Crippen molar-refractivity contribution in [2.24, 2.45) is 7.05 Å². The molecule has 4 aromatic rings. The number of pyridine rings is 2. The largest absolute Gasteiger partial charge is 0.309 e. The van der Waals surface area contributed by atoms with Crippen molar-refractivity contribution in [3.63, 3.8) is 0 Å². The summed E-state index contributed by atoms with van der Waals surface area (Å²) in [5.41, 5.74) is 3.30. The van der Waals surface area contributed by atoms with Gasteiger partial charge >= 0.3 is 0 Å². The van der Waals surface area contributed by atoms with Gasteiger partial charge in [-0.25, -0.2) is 24.3 Å². The summed E-state index contributed by atoms with van der Waals surface area (Å²) < 4.78 is 16.7. The number of nitrogens with zero attached hydrogens (tertiary/aromatic N) is 9. The SMILES string of the molecule is Cn1nc2ncc(-c3nc(Nc4ccc(CN5CCN(CCC#N)CC5)cn4)ncc3F)cc2c1C(C)(C)C. The minimum absolute atomic E-state index is 0.162. The van der Waals surface area contributed by atoms with Crippen LogP contribution < -0.4 is 5.32 Å². The zero-order valence-electron chi connectivity index (χ0n) is 22.8. The summed E-state index contributed by atoms with van der Waals surface area (Å²) in [6.07, 6.45) is 5.16. The molecular formula is C28H33FN10. The lowest BCUT2D eigenvalue weighted by Gasteiger charge is -2.34. The highest BCUT2D eigenvalue weighted by molar-refractivity contribution is 5.83. The third-order valence-corrected chi connectivity index (χ3v) is 6.89. The van der Waals surface area contributed by atoms with E-state index < -0.39 is 5.82 Å². The maximum atomic E-state index is 14.9. The fraction of sp³-hybridized carbons (Fsp3) is 0.429. The van der Waals surface area contributed by atoms with E-state index in [1.54, 1.807) is 6.20 Å². The summed E-state index contributed by atoms with van der Waals surface area (Å²) in [5.74, 6) is 0.301. The molecule has 11 heteroatoms. The number of rotatable bonds is 7. The number of aryl methyl sites for hydroxylation is 1. The maximum Gasteiger partial charge on any atom is 0.229 e. The molecule has 1 aliphatic heterocycles. The molecule has 1 aliphatic rings. The van der Waals surface area contributed by atoms with Gasteiger partial charge in [0.1, 0.15) is 11.5 Å². The number of nitrogens with one attached hydrogen (secondary N) is 1. The van der Waals surface area contributed by atoms with Crippen molar-refractivity contribution in [3.8, 4) is 17.3 Å². The van der Waals surface area contributed by atoms with Crippen LogP contribution >= 0.6 is 0 Å². The van der Waals surface area contributed by atoms with Crippen LogP contribution in [0.5, 0.6) is 0 Å². The lowest BCUT2D eigenvalue weighted by Crippen LogP contribution is -2.46. The van der Waals surface area contributed by atoms with Gasteiger partial charge in [0.15, 0.2) is 11.5 Å². The first-order valence-electron chi connectivity index (χ1n) is 13.1. The van der Waals surface area contributed by atoms with E-state index in [1.165, 1.54) is 0 Å². The van der Waals surface area contributed by atoms with E-state index in [4.69, 9.17) is 5.26 Å². The molecular weight excluding hydrogens is 495 g/mol. The first-order chi connectivity index (χ1) is 18.7. The van der Waals surface area contributed by atoms with Crippen LogP contribution in [0.3, 0.4) is 0 Å². The zero-order valence-corrected chi connectivity index (χ0v) is 22.8. The standard InChI is InChI=1S/C28H33FN10/c1-28(2,3)25-21-14-20(16-32-26(21)36-37(25)4)24-22(29)17-33-27(35-24)34-23-7-6-19(15-31-23)18-39-12-10-38(11-13-39)9-5-8-30/h6-7,14-17H,5,9-13,18H2,1-4H3,(H,31,33,34,35). The molecule has 0 bridgehead atoms. The van der Waals surface area contributed by atoms with Gasteiger partial charge in [0.25, 0.3) is 0 Å². The Bertz CT molecular complexity index is 1490. The van der Waals surface area contributed by atoms with Gasteiger partial charge in [-0.1, -0.05) is 26.8 Å². The molecule has 5 heterocycles. The number of aromatic nitrogens is 6. The average Bonchev–Trinajstić information content (AvgIpc) is 3.26. The van der Waals surface area contributed by atoms with E-state index >= 15 is 0 Å². The molecule has 4 aromatic heterocycles. The van der Waals surface area contributed by atoms with Gasteiger partial charge in [0.05, 0.1) is 18.0 Å². The van der Waals surface area contributed by atoms with E-state index in [-0.39, 0.29) is 17.1 Å². The van der Waals surface area contributed by atoms with Crippen molar-refractivity contribution in [2.45, 2.75) is 39.2 Å².